The van der Waals surface area contributed by atoms with Crippen LogP contribution in [0.15, 0.2) is 58.0 Å². The van der Waals surface area contributed by atoms with Crippen molar-refractivity contribution < 1.29 is 17.6 Å². The zero-order valence-corrected chi connectivity index (χ0v) is 24.3. The van der Waals surface area contributed by atoms with Crippen LogP contribution in [-0.4, -0.2) is 56.1 Å². The SMILES string of the molecule is Cc1ncc(-c2cccc(C(=O)NC3CCC(CCN4CCc5ccc(S(C)(=O)=O)cc5CC4)CC3)c2)o1.Cl. The Bertz CT molecular complexity index is 1400. The van der Waals surface area contributed by atoms with Crippen molar-refractivity contribution in [3.8, 4) is 11.3 Å². The van der Waals surface area contributed by atoms with E-state index in [1.165, 1.54) is 23.8 Å². The molecule has 9 heteroatoms. The Hall–Kier alpha value is -2.68. The lowest BCUT2D eigenvalue weighted by molar-refractivity contribution is 0.0920. The van der Waals surface area contributed by atoms with E-state index in [1.54, 1.807) is 19.2 Å². The number of carbonyl (C=O) groups excluding carboxylic acids is 1. The smallest absolute Gasteiger partial charge is 0.251 e. The number of hydrogen-bond donors (Lipinski definition) is 1. The number of amides is 1. The highest BCUT2D eigenvalue weighted by Crippen LogP contribution is 2.28. The summed E-state index contributed by atoms with van der Waals surface area (Å²) in [5.74, 6) is 1.93. The van der Waals surface area contributed by atoms with Crippen LogP contribution in [0.4, 0.5) is 0 Å². The first-order valence-corrected chi connectivity index (χ1v) is 15.5. The molecule has 1 aliphatic heterocycles. The summed E-state index contributed by atoms with van der Waals surface area (Å²) in [6.45, 7) is 4.87. The molecule has 0 radical (unpaired) electrons. The summed E-state index contributed by atoms with van der Waals surface area (Å²) in [6.07, 6.45) is 10.3. The maximum atomic E-state index is 12.9. The first kappa shape index (κ1) is 29.3. The van der Waals surface area contributed by atoms with Crippen LogP contribution in [-0.2, 0) is 22.7 Å². The first-order valence-electron chi connectivity index (χ1n) is 13.6. The average molecular weight is 572 g/mol. The van der Waals surface area contributed by atoms with E-state index >= 15 is 0 Å². The molecule has 7 nitrogen and oxygen atoms in total. The van der Waals surface area contributed by atoms with E-state index in [2.05, 4.69) is 15.2 Å². The molecule has 5 rings (SSSR count). The first-order chi connectivity index (χ1) is 18.2. The number of rotatable bonds is 7. The standard InChI is InChI=1S/C30H37N3O4S.ClH/c1-21-31-20-29(37-21)25-4-3-5-26(18-25)30(34)32-27-9-6-22(7-10-27)12-15-33-16-13-23-8-11-28(38(2,35)36)19-24(23)14-17-33;/h3-5,8,11,18-20,22,27H,6-7,9-10,12-17H2,1-2H3,(H,32,34);1H. The fourth-order valence-corrected chi connectivity index (χ4v) is 6.41. The predicted molar refractivity (Wildman–Crippen MR) is 155 cm³/mol. The molecule has 0 unspecified atom stereocenters. The molecular formula is C30H38ClN3O4S. The third-order valence-corrected chi connectivity index (χ3v) is 9.18. The molecule has 39 heavy (non-hydrogen) atoms. The van der Waals surface area contributed by atoms with Gasteiger partial charge in [-0.2, -0.15) is 0 Å². The van der Waals surface area contributed by atoms with E-state index in [0.717, 1.165) is 63.7 Å². The third kappa shape index (κ3) is 7.50. The van der Waals surface area contributed by atoms with Crippen LogP contribution in [0.25, 0.3) is 11.3 Å². The molecule has 1 amide bonds. The van der Waals surface area contributed by atoms with Gasteiger partial charge in [0.2, 0.25) is 0 Å². The summed E-state index contributed by atoms with van der Waals surface area (Å²) in [4.78, 5) is 20.0. The van der Waals surface area contributed by atoms with Gasteiger partial charge >= 0.3 is 0 Å². The minimum Gasteiger partial charge on any atom is -0.441 e. The van der Waals surface area contributed by atoms with Crippen LogP contribution in [0.2, 0.25) is 0 Å². The van der Waals surface area contributed by atoms with Gasteiger partial charge in [-0.15, -0.1) is 12.4 Å². The molecule has 0 atom stereocenters. The van der Waals surface area contributed by atoms with Gasteiger partial charge in [0.1, 0.15) is 0 Å². The fourth-order valence-electron chi connectivity index (χ4n) is 5.74. The molecule has 2 heterocycles. The van der Waals surface area contributed by atoms with Gasteiger partial charge in [0.15, 0.2) is 21.5 Å². The highest BCUT2D eigenvalue weighted by atomic mass is 35.5. The van der Waals surface area contributed by atoms with Gasteiger partial charge in [0, 0.05) is 43.4 Å². The molecular weight excluding hydrogens is 534 g/mol. The van der Waals surface area contributed by atoms with Gasteiger partial charge in [0.05, 0.1) is 11.1 Å². The minimum atomic E-state index is -3.17. The van der Waals surface area contributed by atoms with Crippen LogP contribution in [0.3, 0.4) is 0 Å². The second-order valence-electron chi connectivity index (χ2n) is 10.8. The van der Waals surface area contributed by atoms with Crippen molar-refractivity contribution in [2.75, 3.05) is 25.9 Å². The molecule has 1 fully saturated rings. The van der Waals surface area contributed by atoms with Crippen molar-refractivity contribution in [3.63, 3.8) is 0 Å². The summed E-state index contributed by atoms with van der Waals surface area (Å²) < 4.78 is 29.5. The Morgan fingerprint density at radius 1 is 1.05 bits per heavy atom. The van der Waals surface area contributed by atoms with E-state index in [0.29, 0.717) is 28.0 Å². The maximum Gasteiger partial charge on any atom is 0.251 e. The Kier molecular flexibility index (Phi) is 9.51. The predicted octanol–water partition coefficient (Wildman–Crippen LogP) is 5.25. The van der Waals surface area contributed by atoms with Crippen molar-refractivity contribution >= 4 is 28.2 Å². The third-order valence-electron chi connectivity index (χ3n) is 8.07. The summed E-state index contributed by atoms with van der Waals surface area (Å²) in [5, 5.41) is 3.24. The van der Waals surface area contributed by atoms with Crippen LogP contribution < -0.4 is 5.32 Å². The molecule has 0 bridgehead atoms. The Labute approximate surface area is 237 Å². The van der Waals surface area contributed by atoms with Gasteiger partial charge < -0.3 is 14.6 Å². The number of nitrogens with zero attached hydrogens (tertiary/aromatic N) is 2. The van der Waals surface area contributed by atoms with E-state index in [9.17, 15) is 13.2 Å². The van der Waals surface area contributed by atoms with Crippen LogP contribution in [0, 0.1) is 12.8 Å². The van der Waals surface area contributed by atoms with Gasteiger partial charge in [0.25, 0.3) is 5.91 Å². The fraction of sp³-hybridized carbons (Fsp3) is 0.467. The highest BCUT2D eigenvalue weighted by Gasteiger charge is 2.24. The zero-order valence-electron chi connectivity index (χ0n) is 22.7. The van der Waals surface area contributed by atoms with Gasteiger partial charge in [-0.25, -0.2) is 13.4 Å². The topological polar surface area (TPSA) is 92.5 Å². The van der Waals surface area contributed by atoms with Crippen molar-refractivity contribution in [3.05, 3.63) is 71.2 Å². The molecule has 1 aliphatic carbocycles. The number of fused-ring (bicyclic) bond motifs is 1. The Balaban J connectivity index is 0.00000353. The van der Waals surface area contributed by atoms with E-state index < -0.39 is 9.84 Å². The Morgan fingerprint density at radius 2 is 1.79 bits per heavy atom. The lowest BCUT2D eigenvalue weighted by Gasteiger charge is -2.30. The minimum absolute atomic E-state index is 0. The number of carbonyl (C=O) groups is 1. The van der Waals surface area contributed by atoms with E-state index in [4.69, 9.17) is 4.42 Å². The van der Waals surface area contributed by atoms with Crippen LogP contribution in [0.1, 0.15) is 59.5 Å². The number of aryl methyl sites for hydroxylation is 1. The number of hydrogen-bond acceptors (Lipinski definition) is 6. The molecule has 2 aliphatic rings. The quantitative estimate of drug-likeness (QED) is 0.416. The Morgan fingerprint density at radius 3 is 2.49 bits per heavy atom. The van der Waals surface area contributed by atoms with Crippen molar-refractivity contribution in [2.45, 2.75) is 62.8 Å². The number of halogens is 1. The van der Waals surface area contributed by atoms with Crippen molar-refractivity contribution in [2.24, 2.45) is 5.92 Å². The van der Waals surface area contributed by atoms with Crippen molar-refractivity contribution in [1.29, 1.82) is 0 Å². The molecule has 1 aromatic heterocycles. The highest BCUT2D eigenvalue weighted by molar-refractivity contribution is 7.90. The summed E-state index contributed by atoms with van der Waals surface area (Å²) in [6, 6.07) is 13.3. The summed E-state index contributed by atoms with van der Waals surface area (Å²) in [7, 11) is -3.17. The van der Waals surface area contributed by atoms with Crippen LogP contribution in [0.5, 0.6) is 0 Å². The van der Waals surface area contributed by atoms with E-state index in [1.807, 2.05) is 36.4 Å². The lowest BCUT2D eigenvalue weighted by atomic mass is 9.84. The summed E-state index contributed by atoms with van der Waals surface area (Å²) >= 11 is 0. The monoisotopic (exact) mass is 571 g/mol. The second kappa shape index (κ2) is 12.7. The maximum absolute atomic E-state index is 12.9. The molecule has 3 aromatic rings. The second-order valence-corrected chi connectivity index (χ2v) is 12.9. The normalized spacial score (nSPS) is 19.9. The number of benzene rings is 2. The zero-order chi connectivity index (χ0) is 26.7. The van der Waals surface area contributed by atoms with E-state index in [-0.39, 0.29) is 24.4 Å². The molecule has 0 saturated heterocycles. The number of aromatic nitrogens is 1. The van der Waals surface area contributed by atoms with Gasteiger partial charge in [-0.05, 0) is 92.8 Å². The molecule has 0 spiro atoms. The largest absolute Gasteiger partial charge is 0.441 e. The summed E-state index contributed by atoms with van der Waals surface area (Å²) in [5.41, 5.74) is 3.95. The molecule has 1 saturated carbocycles. The number of nitrogens with one attached hydrogen (secondary N) is 1. The van der Waals surface area contributed by atoms with Crippen molar-refractivity contribution in [1.82, 2.24) is 15.2 Å². The van der Waals surface area contributed by atoms with Gasteiger partial charge in [-0.1, -0.05) is 18.2 Å². The number of oxazole rings is 1. The average Bonchev–Trinajstić information content (AvgIpc) is 3.24. The molecule has 210 valence electrons. The lowest BCUT2D eigenvalue weighted by Crippen LogP contribution is -2.38. The molecule has 1 N–H and O–H groups in total. The molecule has 2 aromatic carbocycles. The van der Waals surface area contributed by atoms with Gasteiger partial charge in [-0.3, -0.25) is 4.79 Å². The van der Waals surface area contributed by atoms with Crippen LogP contribution >= 0.6 is 12.4 Å². The number of sulfone groups is 1.